The average molecular weight is 222 g/mol. The lowest BCUT2D eigenvalue weighted by atomic mass is 9.87. The van der Waals surface area contributed by atoms with Gasteiger partial charge in [-0.3, -0.25) is 4.90 Å². The summed E-state index contributed by atoms with van der Waals surface area (Å²) in [5.74, 6) is 0.694. The Morgan fingerprint density at radius 2 is 2.31 bits per heavy atom. The Bertz CT molecular complexity index is 332. The van der Waals surface area contributed by atoms with E-state index in [0.717, 1.165) is 6.54 Å². The molecular formula is C12H22N4. The van der Waals surface area contributed by atoms with Crippen LogP contribution in [0.5, 0.6) is 0 Å². The number of piperidine rings is 1. The highest BCUT2D eigenvalue weighted by Crippen LogP contribution is 2.34. The maximum absolute atomic E-state index is 4.24. The lowest BCUT2D eigenvalue weighted by Gasteiger charge is -2.39. The minimum atomic E-state index is 0.508. The second-order valence-electron chi connectivity index (χ2n) is 4.81. The molecule has 0 aromatic carbocycles. The summed E-state index contributed by atoms with van der Waals surface area (Å²) in [5, 5.41) is 3.31. The van der Waals surface area contributed by atoms with Gasteiger partial charge >= 0.3 is 0 Å². The molecule has 0 saturated carbocycles. The molecule has 1 aliphatic heterocycles. The summed E-state index contributed by atoms with van der Waals surface area (Å²) in [4.78, 5) is 6.70. The number of aryl methyl sites for hydroxylation is 1. The largest absolute Gasteiger partial charge is 0.336 e. The van der Waals surface area contributed by atoms with Crippen molar-refractivity contribution in [3.05, 3.63) is 18.2 Å². The zero-order valence-electron chi connectivity index (χ0n) is 10.5. The highest BCUT2D eigenvalue weighted by atomic mass is 15.2. The molecule has 0 amide bonds. The first-order chi connectivity index (χ1) is 7.74. The van der Waals surface area contributed by atoms with Gasteiger partial charge in [-0.15, -0.1) is 0 Å². The van der Waals surface area contributed by atoms with E-state index in [1.54, 1.807) is 0 Å². The van der Waals surface area contributed by atoms with Crippen molar-refractivity contribution in [2.45, 2.75) is 18.9 Å². The predicted molar refractivity (Wildman–Crippen MR) is 65.2 cm³/mol. The van der Waals surface area contributed by atoms with Crippen molar-refractivity contribution < 1.29 is 0 Å². The van der Waals surface area contributed by atoms with Crippen LogP contribution in [0.4, 0.5) is 0 Å². The van der Waals surface area contributed by atoms with E-state index in [2.05, 4.69) is 33.9 Å². The standard InChI is InChI=1S/C12H22N4/c1-13-7-10-5-4-6-15(2)12(10)11-8-14-9-16(11)3/h8-10,12-13H,4-7H2,1-3H3/t10-,12-/m1/s1. The number of nitrogens with zero attached hydrogens (tertiary/aromatic N) is 3. The maximum Gasteiger partial charge on any atom is 0.0946 e. The van der Waals surface area contributed by atoms with Gasteiger partial charge in [-0.05, 0) is 45.9 Å². The summed E-state index contributed by atoms with van der Waals surface area (Å²) in [7, 11) is 6.34. The Morgan fingerprint density at radius 1 is 1.50 bits per heavy atom. The van der Waals surface area contributed by atoms with Gasteiger partial charge in [0.25, 0.3) is 0 Å². The molecule has 0 unspecified atom stereocenters. The first-order valence-electron chi connectivity index (χ1n) is 6.05. The zero-order valence-corrected chi connectivity index (χ0v) is 10.5. The van der Waals surface area contributed by atoms with E-state index in [-0.39, 0.29) is 0 Å². The number of imidazole rings is 1. The number of rotatable bonds is 3. The number of hydrogen-bond acceptors (Lipinski definition) is 3. The molecule has 1 aromatic heterocycles. The Hall–Kier alpha value is -0.870. The summed E-state index contributed by atoms with van der Waals surface area (Å²) >= 11 is 0. The molecule has 1 N–H and O–H groups in total. The zero-order chi connectivity index (χ0) is 11.5. The molecule has 16 heavy (non-hydrogen) atoms. The molecule has 90 valence electrons. The highest BCUT2D eigenvalue weighted by molar-refractivity contribution is 5.08. The molecular weight excluding hydrogens is 200 g/mol. The van der Waals surface area contributed by atoms with Crippen molar-refractivity contribution in [3.8, 4) is 0 Å². The van der Waals surface area contributed by atoms with Crippen LogP contribution < -0.4 is 5.32 Å². The van der Waals surface area contributed by atoms with Crippen molar-refractivity contribution in [1.82, 2.24) is 19.8 Å². The quantitative estimate of drug-likeness (QED) is 0.829. The van der Waals surface area contributed by atoms with Crippen LogP contribution in [0.25, 0.3) is 0 Å². The second kappa shape index (κ2) is 4.97. The minimum Gasteiger partial charge on any atom is -0.336 e. The summed E-state index contributed by atoms with van der Waals surface area (Å²) in [5.41, 5.74) is 1.34. The fourth-order valence-electron chi connectivity index (χ4n) is 2.86. The van der Waals surface area contributed by atoms with E-state index in [1.807, 2.05) is 19.6 Å². The lowest BCUT2D eigenvalue weighted by Crippen LogP contribution is -2.40. The molecule has 1 aliphatic rings. The SMILES string of the molecule is CNC[C@H]1CCCN(C)[C@H]1c1cncn1C. The van der Waals surface area contributed by atoms with Crippen LogP contribution in [-0.4, -0.2) is 41.6 Å². The van der Waals surface area contributed by atoms with Crippen LogP contribution in [0.15, 0.2) is 12.5 Å². The second-order valence-corrected chi connectivity index (χ2v) is 4.81. The predicted octanol–water partition coefficient (Wildman–Crippen LogP) is 1.02. The van der Waals surface area contributed by atoms with Gasteiger partial charge in [-0.25, -0.2) is 4.98 Å². The first kappa shape index (κ1) is 11.6. The molecule has 1 fully saturated rings. The van der Waals surface area contributed by atoms with Crippen molar-refractivity contribution in [2.75, 3.05) is 27.2 Å². The van der Waals surface area contributed by atoms with Crippen molar-refractivity contribution in [1.29, 1.82) is 0 Å². The van der Waals surface area contributed by atoms with Gasteiger partial charge in [-0.1, -0.05) is 0 Å². The Morgan fingerprint density at radius 3 is 2.94 bits per heavy atom. The van der Waals surface area contributed by atoms with Crippen LogP contribution in [0.1, 0.15) is 24.6 Å². The summed E-state index contributed by atoms with van der Waals surface area (Å²) in [6.45, 7) is 2.27. The molecule has 2 rings (SSSR count). The van der Waals surface area contributed by atoms with Gasteiger partial charge in [0.05, 0.1) is 18.1 Å². The van der Waals surface area contributed by atoms with Crippen LogP contribution in [0.3, 0.4) is 0 Å². The van der Waals surface area contributed by atoms with Gasteiger partial charge in [0.15, 0.2) is 0 Å². The number of hydrogen-bond donors (Lipinski definition) is 1. The van der Waals surface area contributed by atoms with Crippen LogP contribution in [0.2, 0.25) is 0 Å². The maximum atomic E-state index is 4.24. The Balaban J connectivity index is 2.22. The first-order valence-corrected chi connectivity index (χ1v) is 6.05. The van der Waals surface area contributed by atoms with E-state index >= 15 is 0 Å². The summed E-state index contributed by atoms with van der Waals surface area (Å²) in [6, 6.07) is 0.508. The monoisotopic (exact) mass is 222 g/mol. The molecule has 2 heterocycles. The fourth-order valence-corrected chi connectivity index (χ4v) is 2.86. The third-order valence-electron chi connectivity index (χ3n) is 3.63. The van der Waals surface area contributed by atoms with E-state index in [1.165, 1.54) is 25.1 Å². The van der Waals surface area contributed by atoms with Gasteiger partial charge in [0, 0.05) is 13.2 Å². The number of aromatic nitrogens is 2. The van der Waals surface area contributed by atoms with Gasteiger partial charge in [0.1, 0.15) is 0 Å². The average Bonchev–Trinajstić information content (AvgIpc) is 2.65. The number of likely N-dealkylation sites (tertiary alicyclic amines) is 1. The molecule has 4 nitrogen and oxygen atoms in total. The van der Waals surface area contributed by atoms with Gasteiger partial charge < -0.3 is 9.88 Å². The molecule has 1 aromatic rings. The van der Waals surface area contributed by atoms with Crippen molar-refractivity contribution in [2.24, 2.45) is 13.0 Å². The van der Waals surface area contributed by atoms with Crippen molar-refractivity contribution in [3.63, 3.8) is 0 Å². The smallest absolute Gasteiger partial charge is 0.0946 e. The lowest BCUT2D eigenvalue weighted by molar-refractivity contribution is 0.115. The normalized spacial score (nSPS) is 27.2. The molecule has 1 saturated heterocycles. The van der Waals surface area contributed by atoms with E-state index in [4.69, 9.17) is 0 Å². The minimum absolute atomic E-state index is 0.508. The van der Waals surface area contributed by atoms with E-state index in [0.29, 0.717) is 12.0 Å². The Kier molecular flexibility index (Phi) is 3.61. The third kappa shape index (κ3) is 2.13. The van der Waals surface area contributed by atoms with Crippen molar-refractivity contribution >= 4 is 0 Å². The number of nitrogens with one attached hydrogen (secondary N) is 1. The third-order valence-corrected chi connectivity index (χ3v) is 3.63. The molecule has 4 heteroatoms. The molecule has 0 spiro atoms. The van der Waals surface area contributed by atoms with Crippen LogP contribution in [0, 0.1) is 5.92 Å². The van der Waals surface area contributed by atoms with Gasteiger partial charge in [-0.2, -0.15) is 0 Å². The molecule has 2 atom stereocenters. The topological polar surface area (TPSA) is 33.1 Å². The highest BCUT2D eigenvalue weighted by Gasteiger charge is 2.31. The van der Waals surface area contributed by atoms with Crippen LogP contribution in [-0.2, 0) is 7.05 Å². The fraction of sp³-hybridized carbons (Fsp3) is 0.750. The van der Waals surface area contributed by atoms with Gasteiger partial charge in [0.2, 0.25) is 0 Å². The molecule has 0 aliphatic carbocycles. The Labute approximate surface area is 97.7 Å². The molecule has 0 bridgehead atoms. The summed E-state index contributed by atoms with van der Waals surface area (Å²) in [6.07, 6.45) is 6.52. The summed E-state index contributed by atoms with van der Waals surface area (Å²) < 4.78 is 2.15. The van der Waals surface area contributed by atoms with E-state index in [9.17, 15) is 0 Å². The van der Waals surface area contributed by atoms with Crippen LogP contribution >= 0.6 is 0 Å². The molecule has 0 radical (unpaired) electrons. The van der Waals surface area contributed by atoms with E-state index < -0.39 is 0 Å².